The molecule has 0 bridgehead atoms. The number of rotatable bonds is 2. The van der Waals surface area contributed by atoms with Crippen LogP contribution in [0.2, 0.25) is 0 Å². The molecule has 1 aliphatic heterocycles. The maximum Gasteiger partial charge on any atom is 0.418 e. The topological polar surface area (TPSA) is 62.4 Å². The van der Waals surface area contributed by atoms with Crippen molar-refractivity contribution in [3.8, 4) is 0 Å². The second-order valence-corrected chi connectivity index (χ2v) is 4.40. The van der Waals surface area contributed by atoms with Crippen LogP contribution in [-0.4, -0.2) is 35.0 Å². The third-order valence-electron chi connectivity index (χ3n) is 3.21. The van der Waals surface area contributed by atoms with Crippen molar-refractivity contribution < 1.29 is 14.3 Å². The Morgan fingerprint density at radius 2 is 2.11 bits per heavy atom. The Balaban J connectivity index is 1.88. The Bertz CT molecular complexity index is 599. The average molecular weight is 244 g/mol. The number of benzene rings is 1. The first-order valence-corrected chi connectivity index (χ1v) is 5.70. The van der Waals surface area contributed by atoms with Crippen molar-refractivity contribution in [3.63, 3.8) is 0 Å². The summed E-state index contributed by atoms with van der Waals surface area (Å²) in [6.45, 7) is 0. The molecule has 5 heteroatoms. The number of likely N-dealkylation sites (N-methyl/N-ethyl adjacent to an activating group) is 1. The number of hydrogen-bond donors (Lipinski definition) is 1. The molecule has 92 valence electrons. The zero-order chi connectivity index (χ0) is 12.7. The number of hydrogen-bond acceptors (Lipinski definition) is 3. The number of ether oxygens (including phenoxy) is 1. The molecule has 18 heavy (non-hydrogen) atoms. The van der Waals surface area contributed by atoms with Crippen LogP contribution in [0.4, 0.5) is 4.79 Å². The second kappa shape index (κ2) is 3.87. The number of nitrogens with zero attached hydrogens (tertiary/aromatic N) is 1. The van der Waals surface area contributed by atoms with Crippen molar-refractivity contribution in [2.75, 3.05) is 7.05 Å². The number of aromatic amines is 1. The van der Waals surface area contributed by atoms with Gasteiger partial charge in [-0.2, -0.15) is 0 Å². The Morgan fingerprint density at radius 1 is 1.33 bits per heavy atom. The first-order valence-electron chi connectivity index (χ1n) is 5.70. The lowest BCUT2D eigenvalue weighted by atomic mass is 10.1. The molecule has 2 heterocycles. The molecule has 0 saturated carbocycles. The molecule has 2 aromatic rings. The summed E-state index contributed by atoms with van der Waals surface area (Å²) < 4.78 is 4.57. The van der Waals surface area contributed by atoms with Crippen molar-refractivity contribution >= 4 is 23.0 Å². The number of fused-ring (bicyclic) bond motifs is 1. The van der Waals surface area contributed by atoms with Crippen LogP contribution in [0, 0.1) is 0 Å². The third-order valence-corrected chi connectivity index (χ3v) is 3.21. The molecule has 1 amide bonds. The highest BCUT2D eigenvalue weighted by molar-refractivity contribution is 5.95. The normalized spacial score (nSPS) is 19.6. The fourth-order valence-electron chi connectivity index (χ4n) is 2.18. The minimum absolute atomic E-state index is 0.440. The molecule has 1 N–H and O–H groups in total. The lowest BCUT2D eigenvalue weighted by Crippen LogP contribution is -2.33. The molecule has 3 rings (SSSR count). The Hall–Kier alpha value is -2.30. The molecule has 1 aliphatic rings. The predicted molar refractivity (Wildman–Crippen MR) is 65.0 cm³/mol. The van der Waals surface area contributed by atoms with Crippen molar-refractivity contribution in [2.45, 2.75) is 12.5 Å². The summed E-state index contributed by atoms with van der Waals surface area (Å²) in [6, 6.07) is 9.32. The average Bonchev–Trinajstić information content (AvgIpc) is 2.86. The van der Waals surface area contributed by atoms with E-state index in [4.69, 9.17) is 0 Å². The number of H-pyrrole nitrogens is 1. The van der Waals surface area contributed by atoms with Crippen LogP contribution >= 0.6 is 0 Å². The summed E-state index contributed by atoms with van der Waals surface area (Å²) in [5.74, 6) is -0.485. The summed E-state index contributed by atoms with van der Waals surface area (Å²) in [5, 5.41) is 1.09. The van der Waals surface area contributed by atoms with Gasteiger partial charge in [-0.05, 0) is 17.5 Å². The number of para-hydroxylation sites is 1. The van der Waals surface area contributed by atoms with E-state index in [1.165, 1.54) is 4.90 Å². The number of amides is 1. The molecule has 0 aliphatic carbocycles. The fourth-order valence-corrected chi connectivity index (χ4v) is 2.18. The Labute approximate surface area is 103 Å². The Morgan fingerprint density at radius 3 is 2.78 bits per heavy atom. The van der Waals surface area contributed by atoms with Crippen LogP contribution in [-0.2, 0) is 16.0 Å². The highest BCUT2D eigenvalue weighted by Crippen LogP contribution is 2.20. The van der Waals surface area contributed by atoms with Crippen LogP contribution in [0.5, 0.6) is 0 Å². The minimum atomic E-state index is -0.582. The van der Waals surface area contributed by atoms with Crippen molar-refractivity contribution in [3.05, 3.63) is 36.0 Å². The highest BCUT2D eigenvalue weighted by Gasteiger charge is 2.38. The van der Waals surface area contributed by atoms with Crippen LogP contribution in [0.3, 0.4) is 0 Å². The maximum atomic E-state index is 11.5. The van der Waals surface area contributed by atoms with E-state index < -0.39 is 18.1 Å². The number of aromatic nitrogens is 1. The number of carbonyl (C=O) groups is 2. The predicted octanol–water partition coefficient (Wildman–Crippen LogP) is 1.69. The second-order valence-electron chi connectivity index (χ2n) is 4.40. The SMILES string of the molecule is CN1C(=O)OC(=O)C1Cc1cc2ccccc2[nH]1. The molecule has 0 radical (unpaired) electrons. The summed E-state index contributed by atoms with van der Waals surface area (Å²) in [5.41, 5.74) is 1.94. The van der Waals surface area contributed by atoms with Gasteiger partial charge < -0.3 is 9.72 Å². The molecular weight excluding hydrogens is 232 g/mol. The zero-order valence-corrected chi connectivity index (χ0v) is 9.84. The van der Waals surface area contributed by atoms with Gasteiger partial charge in [0.1, 0.15) is 6.04 Å². The van der Waals surface area contributed by atoms with E-state index in [9.17, 15) is 9.59 Å². The molecule has 1 unspecified atom stereocenters. The molecule has 5 nitrogen and oxygen atoms in total. The van der Waals surface area contributed by atoms with Gasteiger partial charge in [-0.1, -0.05) is 18.2 Å². The first-order chi connectivity index (χ1) is 8.65. The van der Waals surface area contributed by atoms with E-state index in [2.05, 4.69) is 9.72 Å². The van der Waals surface area contributed by atoms with Crippen LogP contribution in [0.1, 0.15) is 5.69 Å². The van der Waals surface area contributed by atoms with Crippen LogP contribution in [0.15, 0.2) is 30.3 Å². The van der Waals surface area contributed by atoms with Gasteiger partial charge >= 0.3 is 12.1 Å². The number of cyclic esters (lactones) is 2. The van der Waals surface area contributed by atoms with Gasteiger partial charge in [-0.25, -0.2) is 9.59 Å². The van der Waals surface area contributed by atoms with E-state index in [1.54, 1.807) is 7.05 Å². The van der Waals surface area contributed by atoms with Gasteiger partial charge in [0.2, 0.25) is 0 Å². The van der Waals surface area contributed by atoms with Gasteiger partial charge in [-0.15, -0.1) is 0 Å². The number of esters is 1. The van der Waals surface area contributed by atoms with Crippen LogP contribution < -0.4 is 0 Å². The zero-order valence-electron chi connectivity index (χ0n) is 9.84. The highest BCUT2D eigenvalue weighted by atomic mass is 16.6. The van der Waals surface area contributed by atoms with Crippen molar-refractivity contribution in [1.29, 1.82) is 0 Å². The van der Waals surface area contributed by atoms with E-state index in [0.717, 1.165) is 16.6 Å². The smallest absolute Gasteiger partial charge is 0.375 e. The lowest BCUT2D eigenvalue weighted by Gasteiger charge is -2.12. The molecule has 1 aromatic heterocycles. The van der Waals surface area contributed by atoms with Gasteiger partial charge in [0.15, 0.2) is 0 Å². The van der Waals surface area contributed by atoms with Crippen LogP contribution in [0.25, 0.3) is 10.9 Å². The third kappa shape index (κ3) is 1.64. The molecule has 1 saturated heterocycles. The fraction of sp³-hybridized carbons (Fsp3) is 0.231. The Kier molecular flexibility index (Phi) is 2.33. The van der Waals surface area contributed by atoms with E-state index in [0.29, 0.717) is 6.42 Å². The minimum Gasteiger partial charge on any atom is -0.375 e. The van der Waals surface area contributed by atoms with Crippen molar-refractivity contribution in [2.24, 2.45) is 0 Å². The number of carbonyl (C=O) groups excluding carboxylic acids is 2. The summed E-state index contributed by atoms with van der Waals surface area (Å²) in [7, 11) is 1.57. The van der Waals surface area contributed by atoms with Crippen molar-refractivity contribution in [1.82, 2.24) is 9.88 Å². The van der Waals surface area contributed by atoms with Gasteiger partial charge in [0, 0.05) is 24.7 Å². The maximum absolute atomic E-state index is 11.5. The molecule has 0 spiro atoms. The summed E-state index contributed by atoms with van der Waals surface area (Å²) in [6.07, 6.45) is -0.142. The summed E-state index contributed by atoms with van der Waals surface area (Å²) in [4.78, 5) is 27.3. The first kappa shape index (κ1) is 10.8. The molecule has 1 atom stereocenters. The molecule has 1 fully saturated rings. The monoisotopic (exact) mass is 244 g/mol. The van der Waals surface area contributed by atoms with Gasteiger partial charge in [-0.3, -0.25) is 4.90 Å². The summed E-state index contributed by atoms with van der Waals surface area (Å²) >= 11 is 0. The quantitative estimate of drug-likeness (QED) is 0.646. The largest absolute Gasteiger partial charge is 0.418 e. The molecule has 1 aromatic carbocycles. The standard InChI is InChI=1S/C13H12N2O3/c1-15-11(12(16)18-13(15)17)7-9-6-8-4-2-3-5-10(8)14-9/h2-6,11,14H,7H2,1H3. The van der Waals surface area contributed by atoms with E-state index in [1.807, 2.05) is 30.3 Å². The lowest BCUT2D eigenvalue weighted by molar-refractivity contribution is -0.135. The van der Waals surface area contributed by atoms with E-state index in [-0.39, 0.29) is 0 Å². The molecular formula is C13H12N2O3. The van der Waals surface area contributed by atoms with Gasteiger partial charge in [0.25, 0.3) is 0 Å². The number of nitrogens with one attached hydrogen (secondary N) is 1. The van der Waals surface area contributed by atoms with E-state index >= 15 is 0 Å². The van der Waals surface area contributed by atoms with Gasteiger partial charge in [0.05, 0.1) is 0 Å².